The molecule has 16 heavy (non-hydrogen) atoms. The van der Waals surface area contributed by atoms with E-state index in [2.05, 4.69) is 0 Å². The molecule has 0 N–H and O–H groups in total. The first-order valence-corrected chi connectivity index (χ1v) is 5.04. The Morgan fingerprint density at radius 1 is 1.38 bits per heavy atom. The van der Waals surface area contributed by atoms with Crippen LogP contribution in [0.5, 0.6) is 5.75 Å². The number of methoxy groups -OCH3 is 2. The first-order valence-electron chi connectivity index (χ1n) is 5.04. The lowest BCUT2D eigenvalue weighted by molar-refractivity contribution is 0.0963. The molecule has 0 heterocycles. The zero-order chi connectivity index (χ0) is 12.0. The lowest BCUT2D eigenvalue weighted by atomic mass is 10.1. The second-order valence-electron chi connectivity index (χ2n) is 3.37. The van der Waals surface area contributed by atoms with E-state index in [-0.39, 0.29) is 11.5 Å². The van der Waals surface area contributed by atoms with E-state index in [1.165, 1.54) is 19.2 Å². The Bertz CT molecular complexity index is 363. The van der Waals surface area contributed by atoms with E-state index in [1.54, 1.807) is 13.2 Å². The molecule has 0 saturated carbocycles. The Balaban J connectivity index is 2.66. The summed E-state index contributed by atoms with van der Waals surface area (Å²) < 4.78 is 22.9. The molecule has 1 rings (SSSR count). The van der Waals surface area contributed by atoms with Crippen molar-refractivity contribution in [2.45, 2.75) is 12.8 Å². The van der Waals surface area contributed by atoms with Crippen LogP contribution < -0.4 is 4.74 Å². The molecule has 1 aromatic rings. The summed E-state index contributed by atoms with van der Waals surface area (Å²) in [5.74, 6) is -0.452. The average molecular weight is 226 g/mol. The van der Waals surface area contributed by atoms with E-state index >= 15 is 0 Å². The van der Waals surface area contributed by atoms with Crippen molar-refractivity contribution in [3.05, 3.63) is 29.6 Å². The summed E-state index contributed by atoms with van der Waals surface area (Å²) in [5, 5.41) is 0. The summed E-state index contributed by atoms with van der Waals surface area (Å²) in [6, 6.07) is 4.23. The standard InChI is InChI=1S/C12H15FO3/c1-15-7-3-4-11(14)9-5-6-12(16-2)10(13)8-9/h5-6,8H,3-4,7H2,1-2H3. The Labute approximate surface area is 94.2 Å². The highest BCUT2D eigenvalue weighted by atomic mass is 19.1. The molecule has 0 saturated heterocycles. The molecule has 0 aliphatic rings. The van der Waals surface area contributed by atoms with Crippen molar-refractivity contribution in [2.24, 2.45) is 0 Å². The maximum atomic E-state index is 13.3. The van der Waals surface area contributed by atoms with Crippen molar-refractivity contribution >= 4 is 5.78 Å². The van der Waals surface area contributed by atoms with E-state index in [1.807, 2.05) is 0 Å². The summed E-state index contributed by atoms with van der Waals surface area (Å²) in [6.07, 6.45) is 1.00. The van der Waals surface area contributed by atoms with Crippen LogP contribution in [-0.4, -0.2) is 26.6 Å². The number of hydrogen-bond donors (Lipinski definition) is 0. The fourth-order valence-corrected chi connectivity index (χ4v) is 1.36. The molecule has 3 nitrogen and oxygen atoms in total. The van der Waals surface area contributed by atoms with Gasteiger partial charge < -0.3 is 9.47 Å². The quantitative estimate of drug-likeness (QED) is 0.552. The number of benzene rings is 1. The molecule has 0 fully saturated rings. The van der Waals surface area contributed by atoms with Crippen molar-refractivity contribution in [1.82, 2.24) is 0 Å². The van der Waals surface area contributed by atoms with Gasteiger partial charge in [0.2, 0.25) is 0 Å². The summed E-state index contributed by atoms with van der Waals surface area (Å²) in [5.41, 5.74) is 0.370. The Morgan fingerprint density at radius 2 is 2.12 bits per heavy atom. The molecule has 0 aliphatic carbocycles. The van der Waals surface area contributed by atoms with Gasteiger partial charge in [-0.2, -0.15) is 0 Å². The van der Waals surface area contributed by atoms with Crippen LogP contribution in [0.15, 0.2) is 18.2 Å². The summed E-state index contributed by atoms with van der Waals surface area (Å²) >= 11 is 0. The normalized spacial score (nSPS) is 10.2. The van der Waals surface area contributed by atoms with Gasteiger partial charge in [0, 0.05) is 25.7 Å². The number of halogens is 1. The van der Waals surface area contributed by atoms with Crippen LogP contribution in [0, 0.1) is 5.82 Å². The van der Waals surface area contributed by atoms with Crippen LogP contribution >= 0.6 is 0 Å². The van der Waals surface area contributed by atoms with E-state index in [9.17, 15) is 9.18 Å². The molecule has 0 spiro atoms. The fourth-order valence-electron chi connectivity index (χ4n) is 1.36. The fraction of sp³-hybridized carbons (Fsp3) is 0.417. The van der Waals surface area contributed by atoms with Crippen LogP contribution in [0.2, 0.25) is 0 Å². The predicted octanol–water partition coefficient (Wildman–Crippen LogP) is 2.44. The summed E-state index contributed by atoms with van der Waals surface area (Å²) in [7, 11) is 2.97. The Hall–Kier alpha value is -1.42. The molecule has 0 amide bonds. The van der Waals surface area contributed by atoms with Crippen molar-refractivity contribution in [1.29, 1.82) is 0 Å². The van der Waals surface area contributed by atoms with Crippen LogP contribution in [0.4, 0.5) is 4.39 Å². The van der Waals surface area contributed by atoms with Gasteiger partial charge >= 0.3 is 0 Å². The minimum absolute atomic E-state index is 0.0846. The van der Waals surface area contributed by atoms with Crippen LogP contribution in [0.3, 0.4) is 0 Å². The van der Waals surface area contributed by atoms with Gasteiger partial charge in [-0.1, -0.05) is 0 Å². The molecule has 4 heteroatoms. The zero-order valence-corrected chi connectivity index (χ0v) is 9.46. The third-order valence-corrected chi connectivity index (χ3v) is 2.23. The Kier molecular flexibility index (Phi) is 4.92. The molecule has 0 atom stereocenters. The van der Waals surface area contributed by atoms with E-state index < -0.39 is 5.82 Å². The number of rotatable bonds is 6. The monoisotopic (exact) mass is 226 g/mol. The maximum absolute atomic E-state index is 13.3. The number of hydrogen-bond acceptors (Lipinski definition) is 3. The Morgan fingerprint density at radius 3 is 2.69 bits per heavy atom. The average Bonchev–Trinajstić information content (AvgIpc) is 2.29. The molecular weight excluding hydrogens is 211 g/mol. The van der Waals surface area contributed by atoms with E-state index in [0.717, 1.165) is 0 Å². The highest BCUT2D eigenvalue weighted by Gasteiger charge is 2.09. The third-order valence-electron chi connectivity index (χ3n) is 2.23. The smallest absolute Gasteiger partial charge is 0.165 e. The predicted molar refractivity (Wildman–Crippen MR) is 58.4 cm³/mol. The molecule has 0 aromatic heterocycles. The number of carbonyl (C=O) groups excluding carboxylic acids is 1. The molecule has 0 radical (unpaired) electrons. The van der Waals surface area contributed by atoms with Crippen molar-refractivity contribution in [3.8, 4) is 5.75 Å². The topological polar surface area (TPSA) is 35.5 Å². The van der Waals surface area contributed by atoms with E-state index in [0.29, 0.717) is 25.0 Å². The molecule has 0 bridgehead atoms. The van der Waals surface area contributed by atoms with Crippen molar-refractivity contribution in [3.63, 3.8) is 0 Å². The highest BCUT2D eigenvalue weighted by molar-refractivity contribution is 5.96. The van der Waals surface area contributed by atoms with Crippen molar-refractivity contribution in [2.75, 3.05) is 20.8 Å². The van der Waals surface area contributed by atoms with Gasteiger partial charge in [0.15, 0.2) is 17.3 Å². The number of ether oxygens (including phenoxy) is 2. The summed E-state index contributed by atoms with van der Waals surface area (Å²) in [4.78, 5) is 11.6. The SMILES string of the molecule is COCCCC(=O)c1ccc(OC)c(F)c1. The van der Waals surface area contributed by atoms with Gasteiger partial charge in [0.1, 0.15) is 0 Å². The molecule has 88 valence electrons. The second kappa shape index (κ2) is 6.23. The first kappa shape index (κ1) is 12.6. The largest absolute Gasteiger partial charge is 0.494 e. The lowest BCUT2D eigenvalue weighted by Gasteiger charge is -2.04. The third kappa shape index (κ3) is 3.31. The minimum Gasteiger partial charge on any atom is -0.494 e. The van der Waals surface area contributed by atoms with Gasteiger partial charge in [-0.25, -0.2) is 4.39 Å². The maximum Gasteiger partial charge on any atom is 0.165 e. The zero-order valence-electron chi connectivity index (χ0n) is 9.46. The van der Waals surface area contributed by atoms with Crippen LogP contribution in [-0.2, 0) is 4.74 Å². The van der Waals surface area contributed by atoms with Gasteiger partial charge in [-0.05, 0) is 24.6 Å². The molecule has 0 aliphatic heterocycles. The minimum atomic E-state index is -0.514. The molecular formula is C12H15FO3. The second-order valence-corrected chi connectivity index (χ2v) is 3.37. The first-order chi connectivity index (χ1) is 7.69. The highest BCUT2D eigenvalue weighted by Crippen LogP contribution is 2.18. The van der Waals surface area contributed by atoms with Crippen molar-refractivity contribution < 1.29 is 18.7 Å². The van der Waals surface area contributed by atoms with Crippen LogP contribution in [0.25, 0.3) is 0 Å². The lowest BCUT2D eigenvalue weighted by Crippen LogP contribution is -2.02. The van der Waals surface area contributed by atoms with E-state index in [4.69, 9.17) is 9.47 Å². The number of Topliss-reactive ketones (excluding diaryl/α,β-unsaturated/α-hetero) is 1. The molecule has 1 aromatic carbocycles. The van der Waals surface area contributed by atoms with Crippen LogP contribution in [0.1, 0.15) is 23.2 Å². The van der Waals surface area contributed by atoms with Gasteiger partial charge in [0.05, 0.1) is 7.11 Å². The van der Waals surface area contributed by atoms with Gasteiger partial charge in [-0.15, -0.1) is 0 Å². The molecule has 0 unspecified atom stereocenters. The number of carbonyl (C=O) groups is 1. The van der Waals surface area contributed by atoms with Gasteiger partial charge in [-0.3, -0.25) is 4.79 Å². The summed E-state index contributed by atoms with van der Waals surface area (Å²) in [6.45, 7) is 0.532. The number of ketones is 1. The van der Waals surface area contributed by atoms with Gasteiger partial charge in [0.25, 0.3) is 0 Å².